The molecule has 0 spiro atoms. The van der Waals surface area contributed by atoms with E-state index in [1.54, 1.807) is 17.0 Å². The van der Waals surface area contributed by atoms with Crippen LogP contribution in [0.2, 0.25) is 0 Å². The zero-order chi connectivity index (χ0) is 19.7. The maximum atomic E-state index is 13.5. The standard InChI is InChI=1S/C23H24FN3O/c1-3-26(20-10-6-4-8-16(20)2)23(28)22-19-9-5-7-11-21(19)27(25-22)18-14-12-17(24)13-15-18/h4,6,8,10,12-15H,3,5,7,9,11H2,1-2H3. The van der Waals surface area contributed by atoms with Crippen LogP contribution in [0.5, 0.6) is 0 Å². The highest BCUT2D eigenvalue weighted by Gasteiger charge is 2.29. The van der Waals surface area contributed by atoms with E-state index in [-0.39, 0.29) is 11.7 Å². The van der Waals surface area contributed by atoms with Crippen LogP contribution in [0.1, 0.15) is 47.1 Å². The first-order valence-corrected chi connectivity index (χ1v) is 9.84. The lowest BCUT2D eigenvalue weighted by molar-refractivity contribution is 0.0982. The summed E-state index contributed by atoms with van der Waals surface area (Å²) in [5.41, 5.74) is 5.39. The van der Waals surface area contributed by atoms with Crippen molar-refractivity contribution in [1.82, 2.24) is 9.78 Å². The molecule has 0 bridgehead atoms. The minimum Gasteiger partial charge on any atom is -0.307 e. The summed E-state index contributed by atoms with van der Waals surface area (Å²) < 4.78 is 15.2. The van der Waals surface area contributed by atoms with E-state index in [1.165, 1.54) is 12.1 Å². The smallest absolute Gasteiger partial charge is 0.279 e. The van der Waals surface area contributed by atoms with Gasteiger partial charge in [-0.3, -0.25) is 4.79 Å². The number of benzene rings is 2. The van der Waals surface area contributed by atoms with E-state index in [4.69, 9.17) is 5.10 Å². The number of fused-ring (bicyclic) bond motifs is 1. The van der Waals surface area contributed by atoms with Crippen LogP contribution in [-0.2, 0) is 12.8 Å². The van der Waals surface area contributed by atoms with Crippen molar-refractivity contribution in [2.24, 2.45) is 0 Å². The SMILES string of the molecule is CCN(C(=O)c1nn(-c2ccc(F)cc2)c2c1CCCC2)c1ccccc1C. The van der Waals surface area contributed by atoms with Crippen LogP contribution in [0.15, 0.2) is 48.5 Å². The second-order valence-corrected chi connectivity index (χ2v) is 7.21. The molecule has 28 heavy (non-hydrogen) atoms. The molecule has 0 saturated heterocycles. The molecule has 0 aliphatic heterocycles. The van der Waals surface area contributed by atoms with Gasteiger partial charge in [0.2, 0.25) is 0 Å². The molecular formula is C23H24FN3O. The molecule has 1 amide bonds. The Balaban J connectivity index is 1.80. The molecule has 0 fully saturated rings. The average molecular weight is 377 g/mol. The van der Waals surface area contributed by atoms with Crippen molar-refractivity contribution in [2.75, 3.05) is 11.4 Å². The number of aryl methyl sites for hydroxylation is 1. The molecule has 0 atom stereocenters. The normalized spacial score (nSPS) is 13.2. The molecule has 3 aromatic rings. The number of carbonyl (C=O) groups excluding carboxylic acids is 1. The quantitative estimate of drug-likeness (QED) is 0.651. The fourth-order valence-corrected chi connectivity index (χ4v) is 3.98. The Kier molecular flexibility index (Phi) is 4.99. The molecule has 0 radical (unpaired) electrons. The van der Waals surface area contributed by atoms with Gasteiger partial charge in [-0.05, 0) is 75.4 Å². The van der Waals surface area contributed by atoms with Gasteiger partial charge in [0.25, 0.3) is 5.91 Å². The summed E-state index contributed by atoms with van der Waals surface area (Å²) in [6.45, 7) is 4.56. The van der Waals surface area contributed by atoms with Crippen LogP contribution in [0, 0.1) is 12.7 Å². The van der Waals surface area contributed by atoms with Crippen LogP contribution in [0.25, 0.3) is 5.69 Å². The predicted molar refractivity (Wildman–Crippen MR) is 109 cm³/mol. The first-order valence-electron chi connectivity index (χ1n) is 9.84. The third-order valence-electron chi connectivity index (χ3n) is 5.42. The van der Waals surface area contributed by atoms with E-state index in [0.717, 1.165) is 53.9 Å². The highest BCUT2D eigenvalue weighted by atomic mass is 19.1. The zero-order valence-electron chi connectivity index (χ0n) is 16.3. The van der Waals surface area contributed by atoms with Gasteiger partial charge in [-0.25, -0.2) is 9.07 Å². The fraction of sp³-hybridized carbons (Fsp3) is 0.304. The van der Waals surface area contributed by atoms with Gasteiger partial charge in [0.15, 0.2) is 5.69 Å². The molecule has 1 heterocycles. The lowest BCUT2D eigenvalue weighted by atomic mass is 9.95. The molecule has 4 nitrogen and oxygen atoms in total. The number of anilines is 1. The Hall–Kier alpha value is -2.95. The Labute approximate surface area is 164 Å². The summed E-state index contributed by atoms with van der Waals surface area (Å²) in [6, 6.07) is 14.2. The number of halogens is 1. The van der Waals surface area contributed by atoms with Crippen molar-refractivity contribution in [3.05, 3.63) is 76.9 Å². The Bertz CT molecular complexity index is 1010. The molecule has 0 unspecified atom stereocenters. The number of hydrogen-bond donors (Lipinski definition) is 0. The Morgan fingerprint density at radius 2 is 1.82 bits per heavy atom. The Morgan fingerprint density at radius 3 is 2.54 bits per heavy atom. The minimum atomic E-state index is -0.280. The van der Waals surface area contributed by atoms with Crippen LogP contribution < -0.4 is 4.90 Å². The number of aromatic nitrogens is 2. The van der Waals surface area contributed by atoms with Crippen LogP contribution in [-0.4, -0.2) is 22.2 Å². The summed E-state index contributed by atoms with van der Waals surface area (Å²) in [5.74, 6) is -0.353. The van der Waals surface area contributed by atoms with Gasteiger partial charge in [0.05, 0.1) is 5.69 Å². The van der Waals surface area contributed by atoms with Crippen molar-refractivity contribution in [3.63, 3.8) is 0 Å². The van der Waals surface area contributed by atoms with Crippen molar-refractivity contribution in [1.29, 1.82) is 0 Å². The molecule has 1 aliphatic rings. The van der Waals surface area contributed by atoms with Crippen molar-refractivity contribution >= 4 is 11.6 Å². The second kappa shape index (κ2) is 7.58. The number of nitrogens with zero attached hydrogens (tertiary/aromatic N) is 3. The number of para-hydroxylation sites is 1. The van der Waals surface area contributed by atoms with Gasteiger partial charge in [-0.2, -0.15) is 5.10 Å². The van der Waals surface area contributed by atoms with Gasteiger partial charge in [-0.15, -0.1) is 0 Å². The minimum absolute atomic E-state index is 0.0733. The second-order valence-electron chi connectivity index (χ2n) is 7.21. The summed E-state index contributed by atoms with van der Waals surface area (Å²) in [4.78, 5) is 15.3. The summed E-state index contributed by atoms with van der Waals surface area (Å²) in [6.07, 6.45) is 3.86. The lowest BCUT2D eigenvalue weighted by Gasteiger charge is -2.23. The average Bonchev–Trinajstić information content (AvgIpc) is 3.10. The molecule has 0 N–H and O–H groups in total. The van der Waals surface area contributed by atoms with Crippen LogP contribution >= 0.6 is 0 Å². The summed E-state index contributed by atoms with van der Waals surface area (Å²) >= 11 is 0. The number of rotatable bonds is 4. The van der Waals surface area contributed by atoms with E-state index in [1.807, 2.05) is 42.8 Å². The largest absolute Gasteiger partial charge is 0.307 e. The summed E-state index contributed by atoms with van der Waals surface area (Å²) in [5, 5.41) is 4.72. The molecule has 1 aliphatic carbocycles. The van der Waals surface area contributed by atoms with E-state index < -0.39 is 0 Å². The number of hydrogen-bond acceptors (Lipinski definition) is 2. The highest BCUT2D eigenvalue weighted by Crippen LogP contribution is 2.29. The maximum absolute atomic E-state index is 13.5. The zero-order valence-corrected chi connectivity index (χ0v) is 16.3. The maximum Gasteiger partial charge on any atom is 0.279 e. The van der Waals surface area contributed by atoms with Gasteiger partial charge < -0.3 is 4.90 Å². The molecule has 2 aromatic carbocycles. The third-order valence-corrected chi connectivity index (χ3v) is 5.42. The van der Waals surface area contributed by atoms with E-state index in [0.29, 0.717) is 12.2 Å². The molecule has 1 aromatic heterocycles. The third kappa shape index (κ3) is 3.21. The van der Waals surface area contributed by atoms with Gasteiger partial charge in [0.1, 0.15) is 5.82 Å². The Morgan fingerprint density at radius 1 is 1.11 bits per heavy atom. The molecular weight excluding hydrogens is 353 g/mol. The van der Waals surface area contributed by atoms with E-state index in [2.05, 4.69) is 0 Å². The first kappa shape index (κ1) is 18.4. The van der Waals surface area contributed by atoms with Crippen LogP contribution in [0.4, 0.5) is 10.1 Å². The van der Waals surface area contributed by atoms with E-state index in [9.17, 15) is 9.18 Å². The van der Waals surface area contributed by atoms with Gasteiger partial charge in [0, 0.05) is 23.5 Å². The van der Waals surface area contributed by atoms with Crippen LogP contribution in [0.3, 0.4) is 0 Å². The number of amides is 1. The lowest BCUT2D eigenvalue weighted by Crippen LogP contribution is -2.32. The first-order chi connectivity index (χ1) is 13.6. The van der Waals surface area contributed by atoms with Crippen molar-refractivity contribution in [3.8, 4) is 5.69 Å². The van der Waals surface area contributed by atoms with Gasteiger partial charge in [-0.1, -0.05) is 18.2 Å². The highest BCUT2D eigenvalue weighted by molar-refractivity contribution is 6.06. The molecule has 144 valence electrons. The van der Waals surface area contributed by atoms with Crippen molar-refractivity contribution in [2.45, 2.75) is 39.5 Å². The predicted octanol–water partition coefficient (Wildman–Crippen LogP) is 4.87. The molecule has 0 saturated carbocycles. The van der Waals surface area contributed by atoms with Crippen molar-refractivity contribution < 1.29 is 9.18 Å². The monoisotopic (exact) mass is 377 g/mol. The van der Waals surface area contributed by atoms with E-state index >= 15 is 0 Å². The number of carbonyl (C=O) groups is 1. The summed E-state index contributed by atoms with van der Waals surface area (Å²) in [7, 11) is 0. The molecule has 4 rings (SSSR count). The fourth-order valence-electron chi connectivity index (χ4n) is 3.98. The molecule has 5 heteroatoms. The topological polar surface area (TPSA) is 38.1 Å². The van der Waals surface area contributed by atoms with Gasteiger partial charge >= 0.3 is 0 Å².